The molecule has 7 heteroatoms. The van der Waals surface area contributed by atoms with Gasteiger partial charge in [0.1, 0.15) is 12.4 Å². The molecule has 3 rings (SSSR count). The third-order valence-electron chi connectivity index (χ3n) is 4.40. The molecule has 5 nitrogen and oxygen atoms in total. The van der Waals surface area contributed by atoms with Crippen LogP contribution in [0, 0.1) is 5.82 Å². The summed E-state index contributed by atoms with van der Waals surface area (Å²) in [6, 6.07) is 10.4. The van der Waals surface area contributed by atoms with Gasteiger partial charge in [0, 0.05) is 31.0 Å². The van der Waals surface area contributed by atoms with Crippen molar-refractivity contribution < 1.29 is 13.9 Å². The van der Waals surface area contributed by atoms with Gasteiger partial charge in [-0.1, -0.05) is 23.7 Å². The van der Waals surface area contributed by atoms with E-state index in [0.717, 1.165) is 31.6 Å². The van der Waals surface area contributed by atoms with E-state index in [-0.39, 0.29) is 12.4 Å². The minimum atomic E-state index is -0.382. The minimum absolute atomic E-state index is 0.0391. The number of nitrogens with zero attached hydrogens (tertiary/aromatic N) is 2. The van der Waals surface area contributed by atoms with Gasteiger partial charge in [-0.25, -0.2) is 9.37 Å². The Hall–Kier alpha value is -2.57. The number of rotatable bonds is 11. The van der Waals surface area contributed by atoms with Crippen molar-refractivity contribution in [3.8, 4) is 11.5 Å². The lowest BCUT2D eigenvalue weighted by Crippen LogP contribution is -2.16. The van der Waals surface area contributed by atoms with E-state index >= 15 is 0 Å². The summed E-state index contributed by atoms with van der Waals surface area (Å²) in [5.41, 5.74) is 1.42. The largest absolute Gasteiger partial charge is 0.490 e. The third-order valence-corrected chi connectivity index (χ3v) is 4.75. The molecule has 1 N–H and O–H groups in total. The van der Waals surface area contributed by atoms with Crippen LogP contribution in [0.4, 0.5) is 4.39 Å². The first-order valence-corrected chi connectivity index (χ1v) is 10.0. The van der Waals surface area contributed by atoms with Crippen LogP contribution in [0.5, 0.6) is 11.5 Å². The van der Waals surface area contributed by atoms with Crippen molar-refractivity contribution in [2.75, 3.05) is 13.2 Å². The summed E-state index contributed by atoms with van der Waals surface area (Å²) in [5.74, 6) is 0.819. The fraction of sp³-hybridized carbons (Fsp3) is 0.318. The number of benzene rings is 2. The number of hydrogen-bond donors (Lipinski definition) is 1. The Morgan fingerprint density at radius 3 is 2.83 bits per heavy atom. The first kappa shape index (κ1) is 21.1. The molecule has 0 saturated heterocycles. The van der Waals surface area contributed by atoms with Gasteiger partial charge < -0.3 is 19.4 Å². The van der Waals surface area contributed by atoms with E-state index in [0.29, 0.717) is 28.7 Å². The van der Waals surface area contributed by atoms with Crippen LogP contribution in [0.15, 0.2) is 55.1 Å². The summed E-state index contributed by atoms with van der Waals surface area (Å²) < 4.78 is 27.5. The Bertz CT molecular complexity index is 883. The Morgan fingerprint density at radius 2 is 2.07 bits per heavy atom. The summed E-state index contributed by atoms with van der Waals surface area (Å²) in [5, 5.41) is 3.78. The van der Waals surface area contributed by atoms with Crippen LogP contribution in [0.25, 0.3) is 0 Å². The SMILES string of the molecule is CCOc1cc(CNCCCn2ccnc2)ccc1OCc1c(F)cccc1Cl. The maximum atomic E-state index is 13.9. The molecule has 0 unspecified atom stereocenters. The fourth-order valence-electron chi connectivity index (χ4n) is 2.91. The number of nitrogens with one attached hydrogen (secondary N) is 1. The number of aromatic nitrogens is 2. The van der Waals surface area contributed by atoms with Gasteiger partial charge in [0.25, 0.3) is 0 Å². The third kappa shape index (κ3) is 6.21. The van der Waals surface area contributed by atoms with Crippen LogP contribution >= 0.6 is 11.6 Å². The summed E-state index contributed by atoms with van der Waals surface area (Å²) in [6.45, 7) is 5.02. The van der Waals surface area contributed by atoms with E-state index < -0.39 is 0 Å². The first-order valence-electron chi connectivity index (χ1n) is 9.65. The predicted octanol–water partition coefficient (Wildman–Crippen LogP) is 4.83. The van der Waals surface area contributed by atoms with E-state index in [1.807, 2.05) is 37.6 Å². The normalized spacial score (nSPS) is 10.9. The van der Waals surface area contributed by atoms with E-state index in [4.69, 9.17) is 21.1 Å². The number of aryl methyl sites for hydroxylation is 1. The molecular weight excluding hydrogens is 393 g/mol. The van der Waals surface area contributed by atoms with Gasteiger partial charge in [-0.05, 0) is 49.7 Å². The van der Waals surface area contributed by atoms with Crippen molar-refractivity contribution in [1.82, 2.24) is 14.9 Å². The smallest absolute Gasteiger partial charge is 0.161 e. The van der Waals surface area contributed by atoms with Crippen LogP contribution in [0.2, 0.25) is 5.02 Å². The summed E-state index contributed by atoms with van der Waals surface area (Å²) >= 11 is 6.07. The molecule has 0 atom stereocenters. The van der Waals surface area contributed by atoms with Crippen LogP contribution in [0.1, 0.15) is 24.5 Å². The summed E-state index contributed by atoms with van der Waals surface area (Å²) in [7, 11) is 0. The molecular formula is C22H25ClFN3O2. The average molecular weight is 418 g/mol. The van der Waals surface area contributed by atoms with Gasteiger partial charge in [-0.2, -0.15) is 0 Å². The number of hydrogen-bond acceptors (Lipinski definition) is 4. The summed E-state index contributed by atoms with van der Waals surface area (Å²) in [6.07, 6.45) is 6.58. The fourth-order valence-corrected chi connectivity index (χ4v) is 3.13. The highest BCUT2D eigenvalue weighted by Gasteiger charge is 2.11. The maximum absolute atomic E-state index is 13.9. The lowest BCUT2D eigenvalue weighted by molar-refractivity contribution is 0.265. The Balaban J connectivity index is 1.55. The van der Waals surface area contributed by atoms with Crippen LogP contribution in [0.3, 0.4) is 0 Å². The molecule has 3 aromatic rings. The number of halogens is 2. The second kappa shape index (κ2) is 10.8. The van der Waals surface area contributed by atoms with Crippen LogP contribution in [-0.4, -0.2) is 22.7 Å². The van der Waals surface area contributed by atoms with Gasteiger partial charge in [-0.3, -0.25) is 0 Å². The molecule has 2 aromatic carbocycles. The van der Waals surface area contributed by atoms with E-state index in [2.05, 4.69) is 14.9 Å². The highest BCUT2D eigenvalue weighted by atomic mass is 35.5. The molecule has 0 fully saturated rings. The monoisotopic (exact) mass is 417 g/mol. The second-order valence-corrected chi connectivity index (χ2v) is 6.94. The lowest BCUT2D eigenvalue weighted by atomic mass is 10.2. The van der Waals surface area contributed by atoms with Crippen molar-refractivity contribution in [2.45, 2.75) is 33.0 Å². The molecule has 154 valence electrons. The van der Waals surface area contributed by atoms with Crippen molar-refractivity contribution in [3.63, 3.8) is 0 Å². The second-order valence-electron chi connectivity index (χ2n) is 6.53. The molecule has 0 aliphatic rings. The maximum Gasteiger partial charge on any atom is 0.161 e. The molecule has 1 aromatic heterocycles. The highest BCUT2D eigenvalue weighted by Crippen LogP contribution is 2.30. The van der Waals surface area contributed by atoms with E-state index in [1.165, 1.54) is 6.07 Å². The molecule has 0 aliphatic carbocycles. The zero-order chi connectivity index (χ0) is 20.5. The molecule has 0 spiro atoms. The van der Waals surface area contributed by atoms with Gasteiger partial charge in [0.2, 0.25) is 0 Å². The molecule has 0 bridgehead atoms. The van der Waals surface area contributed by atoms with E-state index in [9.17, 15) is 4.39 Å². The Kier molecular flexibility index (Phi) is 7.90. The highest BCUT2D eigenvalue weighted by molar-refractivity contribution is 6.31. The first-order chi connectivity index (χ1) is 14.2. The van der Waals surface area contributed by atoms with Gasteiger partial charge in [0.15, 0.2) is 11.5 Å². The predicted molar refractivity (Wildman–Crippen MR) is 112 cm³/mol. The Labute approximate surface area is 175 Å². The molecule has 1 heterocycles. The molecule has 0 amide bonds. The van der Waals surface area contributed by atoms with Crippen LogP contribution < -0.4 is 14.8 Å². The zero-order valence-corrected chi connectivity index (χ0v) is 17.2. The van der Waals surface area contributed by atoms with Crippen molar-refractivity contribution in [1.29, 1.82) is 0 Å². The van der Waals surface area contributed by atoms with E-state index in [1.54, 1.807) is 18.3 Å². The minimum Gasteiger partial charge on any atom is -0.490 e. The number of imidazole rings is 1. The van der Waals surface area contributed by atoms with Gasteiger partial charge in [-0.15, -0.1) is 0 Å². The summed E-state index contributed by atoms with van der Waals surface area (Å²) in [4.78, 5) is 4.04. The molecule has 0 saturated carbocycles. The molecule has 0 radical (unpaired) electrons. The van der Waals surface area contributed by atoms with Crippen molar-refractivity contribution >= 4 is 11.6 Å². The van der Waals surface area contributed by atoms with Crippen molar-refractivity contribution in [3.05, 3.63) is 77.1 Å². The lowest BCUT2D eigenvalue weighted by Gasteiger charge is -2.15. The zero-order valence-electron chi connectivity index (χ0n) is 16.4. The average Bonchev–Trinajstić information content (AvgIpc) is 3.22. The molecule has 29 heavy (non-hydrogen) atoms. The van der Waals surface area contributed by atoms with Gasteiger partial charge >= 0.3 is 0 Å². The quantitative estimate of drug-likeness (QED) is 0.454. The topological polar surface area (TPSA) is 48.3 Å². The van der Waals surface area contributed by atoms with Crippen molar-refractivity contribution in [2.24, 2.45) is 0 Å². The Morgan fingerprint density at radius 1 is 1.17 bits per heavy atom. The molecule has 0 aliphatic heterocycles. The van der Waals surface area contributed by atoms with Gasteiger partial charge in [0.05, 0.1) is 18.0 Å². The standard InChI is InChI=1S/C22H25ClFN3O2/c1-2-28-22-13-17(14-25-9-4-11-27-12-10-26-16-27)7-8-21(22)29-15-18-19(23)5-3-6-20(18)24/h3,5-8,10,12-13,16,25H,2,4,9,11,14-15H2,1H3. The van der Waals surface area contributed by atoms with Crippen LogP contribution in [-0.2, 0) is 19.7 Å². The number of ether oxygens (including phenoxy) is 2.